The van der Waals surface area contributed by atoms with Crippen molar-refractivity contribution in [1.29, 1.82) is 0 Å². The molecule has 1 heteroatoms. The molecule has 0 bridgehead atoms. The van der Waals surface area contributed by atoms with Crippen molar-refractivity contribution < 1.29 is 4.42 Å². The van der Waals surface area contributed by atoms with E-state index < -0.39 is 0 Å². The molecule has 0 radical (unpaired) electrons. The van der Waals surface area contributed by atoms with Gasteiger partial charge in [0, 0.05) is 6.42 Å². The molecule has 2 aliphatic rings. The fraction of sp³-hybridized carbons (Fsp3) is 0.733. The van der Waals surface area contributed by atoms with Crippen molar-refractivity contribution >= 4 is 0 Å². The Hall–Kier alpha value is -0.720. The summed E-state index contributed by atoms with van der Waals surface area (Å²) in [6.45, 7) is 7.16. The quantitative estimate of drug-likeness (QED) is 0.638. The maximum absolute atomic E-state index is 5.72. The van der Waals surface area contributed by atoms with Crippen LogP contribution in [0, 0.1) is 24.2 Å². The van der Waals surface area contributed by atoms with E-state index in [1.54, 1.807) is 0 Å². The predicted molar refractivity (Wildman–Crippen MR) is 65.5 cm³/mol. The summed E-state index contributed by atoms with van der Waals surface area (Å²) < 4.78 is 5.72. The molecule has 3 atom stereocenters. The Morgan fingerprint density at radius 1 is 1.38 bits per heavy atom. The van der Waals surface area contributed by atoms with Gasteiger partial charge in [-0.05, 0) is 48.1 Å². The minimum Gasteiger partial charge on any atom is -0.469 e. The number of fused-ring (bicyclic) bond motifs is 2. The fourth-order valence-electron chi connectivity index (χ4n) is 3.92. The molecule has 1 aromatic rings. The van der Waals surface area contributed by atoms with Gasteiger partial charge in [-0.1, -0.05) is 26.7 Å². The summed E-state index contributed by atoms with van der Waals surface area (Å²) in [5.41, 5.74) is 3.42. The second-order valence-corrected chi connectivity index (χ2v) is 6.24. The van der Waals surface area contributed by atoms with E-state index in [0.29, 0.717) is 5.41 Å². The maximum Gasteiger partial charge on any atom is 0.107 e. The van der Waals surface area contributed by atoms with Crippen LogP contribution in [0.15, 0.2) is 10.7 Å². The molecule has 16 heavy (non-hydrogen) atoms. The lowest BCUT2D eigenvalue weighted by Crippen LogP contribution is -2.43. The lowest BCUT2D eigenvalue weighted by atomic mass is 9.56. The highest BCUT2D eigenvalue weighted by Crippen LogP contribution is 2.52. The van der Waals surface area contributed by atoms with Gasteiger partial charge >= 0.3 is 0 Å². The number of hydrogen-bond donors (Lipinski definition) is 0. The van der Waals surface area contributed by atoms with E-state index in [1.807, 2.05) is 6.26 Å². The second kappa shape index (κ2) is 3.38. The summed E-state index contributed by atoms with van der Waals surface area (Å²) in [6.07, 6.45) is 8.62. The van der Waals surface area contributed by atoms with Gasteiger partial charge < -0.3 is 4.42 Å². The Morgan fingerprint density at radius 2 is 2.19 bits per heavy atom. The molecule has 0 amide bonds. The first-order valence-corrected chi connectivity index (χ1v) is 6.67. The first-order chi connectivity index (χ1) is 7.61. The summed E-state index contributed by atoms with van der Waals surface area (Å²) in [5, 5.41) is 0. The van der Waals surface area contributed by atoms with Crippen LogP contribution in [0.2, 0.25) is 0 Å². The molecular weight excluding hydrogens is 196 g/mol. The number of aryl methyl sites for hydroxylation is 1. The number of furan rings is 1. The second-order valence-electron chi connectivity index (χ2n) is 6.24. The van der Waals surface area contributed by atoms with Crippen LogP contribution in [0.5, 0.6) is 0 Å². The molecule has 1 heterocycles. The van der Waals surface area contributed by atoms with Gasteiger partial charge in [0.1, 0.15) is 5.76 Å². The molecule has 0 aliphatic heterocycles. The van der Waals surface area contributed by atoms with Gasteiger partial charge in [-0.3, -0.25) is 0 Å². The lowest BCUT2D eigenvalue weighted by Gasteiger charge is -2.49. The Bertz CT molecular complexity index is 404. The highest BCUT2D eigenvalue weighted by molar-refractivity contribution is 5.32. The fourth-order valence-corrected chi connectivity index (χ4v) is 3.92. The summed E-state index contributed by atoms with van der Waals surface area (Å²) in [6, 6.07) is 0. The smallest absolute Gasteiger partial charge is 0.107 e. The molecule has 0 spiro atoms. The standard InChI is InChI=1S/C15H22O/c1-10-9-16-14-7-12-6-4-5-11(2)15(12,3)8-13(10)14/h9,11-12H,4-8H2,1-3H3. The minimum atomic E-state index is 0.528. The maximum atomic E-state index is 5.72. The Morgan fingerprint density at radius 3 is 3.00 bits per heavy atom. The van der Waals surface area contributed by atoms with E-state index in [4.69, 9.17) is 4.42 Å². The van der Waals surface area contributed by atoms with E-state index in [2.05, 4.69) is 20.8 Å². The highest BCUT2D eigenvalue weighted by Gasteiger charge is 2.45. The monoisotopic (exact) mass is 218 g/mol. The minimum absolute atomic E-state index is 0.528. The van der Waals surface area contributed by atoms with Crippen molar-refractivity contribution in [1.82, 2.24) is 0 Å². The highest BCUT2D eigenvalue weighted by atomic mass is 16.3. The molecule has 1 fully saturated rings. The molecule has 1 nitrogen and oxygen atoms in total. The van der Waals surface area contributed by atoms with E-state index in [-0.39, 0.29) is 0 Å². The van der Waals surface area contributed by atoms with E-state index >= 15 is 0 Å². The first-order valence-electron chi connectivity index (χ1n) is 6.67. The Kier molecular flexibility index (Phi) is 2.21. The molecule has 0 N–H and O–H groups in total. The van der Waals surface area contributed by atoms with Crippen molar-refractivity contribution in [2.75, 3.05) is 0 Å². The number of hydrogen-bond acceptors (Lipinski definition) is 1. The molecule has 2 aliphatic carbocycles. The first kappa shape index (κ1) is 10.4. The molecule has 0 aromatic carbocycles. The Labute approximate surface area is 98.2 Å². The largest absolute Gasteiger partial charge is 0.469 e. The topological polar surface area (TPSA) is 13.1 Å². The van der Waals surface area contributed by atoms with Gasteiger partial charge in [-0.25, -0.2) is 0 Å². The molecule has 88 valence electrons. The third-order valence-corrected chi connectivity index (χ3v) is 5.43. The summed E-state index contributed by atoms with van der Waals surface area (Å²) in [5.74, 6) is 3.01. The van der Waals surface area contributed by atoms with Crippen molar-refractivity contribution in [2.45, 2.75) is 52.9 Å². The lowest BCUT2D eigenvalue weighted by molar-refractivity contribution is 0.0371. The zero-order valence-electron chi connectivity index (χ0n) is 10.7. The van der Waals surface area contributed by atoms with Crippen LogP contribution >= 0.6 is 0 Å². The molecule has 3 unspecified atom stereocenters. The molecule has 1 aromatic heterocycles. The van der Waals surface area contributed by atoms with Crippen molar-refractivity contribution in [2.24, 2.45) is 17.3 Å². The van der Waals surface area contributed by atoms with Crippen molar-refractivity contribution in [3.8, 4) is 0 Å². The van der Waals surface area contributed by atoms with E-state index in [9.17, 15) is 0 Å². The van der Waals surface area contributed by atoms with Gasteiger partial charge in [0.25, 0.3) is 0 Å². The zero-order valence-corrected chi connectivity index (χ0v) is 10.7. The van der Waals surface area contributed by atoms with Gasteiger partial charge in [0.05, 0.1) is 6.26 Å². The van der Waals surface area contributed by atoms with Gasteiger partial charge in [0.2, 0.25) is 0 Å². The third kappa shape index (κ3) is 1.30. The van der Waals surface area contributed by atoms with Gasteiger partial charge in [0.15, 0.2) is 0 Å². The van der Waals surface area contributed by atoms with E-state index in [0.717, 1.165) is 11.8 Å². The number of rotatable bonds is 0. The van der Waals surface area contributed by atoms with Gasteiger partial charge in [-0.15, -0.1) is 0 Å². The van der Waals surface area contributed by atoms with Crippen LogP contribution in [-0.4, -0.2) is 0 Å². The van der Waals surface area contributed by atoms with Crippen LogP contribution in [0.25, 0.3) is 0 Å². The normalized spacial score (nSPS) is 37.9. The summed E-state index contributed by atoms with van der Waals surface area (Å²) in [7, 11) is 0. The molecule has 0 saturated heterocycles. The predicted octanol–water partition coefficient (Wildman–Crippen LogP) is 4.13. The SMILES string of the molecule is Cc1coc2c1CC1(C)C(C)CCCC1C2. The van der Waals surface area contributed by atoms with Crippen molar-refractivity contribution in [3.05, 3.63) is 23.2 Å². The third-order valence-electron chi connectivity index (χ3n) is 5.43. The average molecular weight is 218 g/mol. The van der Waals surface area contributed by atoms with Crippen LogP contribution in [0.1, 0.15) is 50.0 Å². The van der Waals surface area contributed by atoms with Crippen LogP contribution in [0.4, 0.5) is 0 Å². The Balaban J connectivity index is 2.02. The molecule has 1 saturated carbocycles. The molecule has 3 rings (SSSR count). The summed E-state index contributed by atoms with van der Waals surface area (Å²) in [4.78, 5) is 0. The van der Waals surface area contributed by atoms with Crippen LogP contribution in [-0.2, 0) is 12.8 Å². The van der Waals surface area contributed by atoms with Crippen LogP contribution < -0.4 is 0 Å². The van der Waals surface area contributed by atoms with Crippen LogP contribution in [0.3, 0.4) is 0 Å². The summed E-state index contributed by atoms with van der Waals surface area (Å²) >= 11 is 0. The van der Waals surface area contributed by atoms with Crippen molar-refractivity contribution in [3.63, 3.8) is 0 Å². The van der Waals surface area contributed by atoms with Gasteiger partial charge in [-0.2, -0.15) is 0 Å². The molecular formula is C15H22O. The van der Waals surface area contributed by atoms with E-state index in [1.165, 1.54) is 49.0 Å². The zero-order chi connectivity index (χ0) is 11.3. The average Bonchev–Trinajstić information content (AvgIpc) is 2.59.